The summed E-state index contributed by atoms with van der Waals surface area (Å²) < 4.78 is 0. The molecule has 1 amide bonds. The molecule has 1 aromatic carbocycles. The van der Waals surface area contributed by atoms with E-state index in [9.17, 15) is 4.79 Å². The number of amides is 1. The average Bonchev–Trinajstić information content (AvgIpc) is 2.27. The second-order valence-electron chi connectivity index (χ2n) is 3.43. The monoisotopic (exact) mass is 242 g/mol. The number of hydrogen-bond acceptors (Lipinski definition) is 2. The maximum Gasteiger partial charge on any atom is 0.237 e. The van der Waals surface area contributed by atoms with Gasteiger partial charge in [0.2, 0.25) is 5.91 Å². The first kappa shape index (κ1) is 14.9. The van der Waals surface area contributed by atoms with Gasteiger partial charge >= 0.3 is 0 Å². The van der Waals surface area contributed by atoms with Crippen molar-refractivity contribution in [3.63, 3.8) is 0 Å². The molecule has 0 saturated carbocycles. The van der Waals surface area contributed by atoms with Crippen LogP contribution >= 0.6 is 12.4 Å². The molecule has 0 unspecified atom stereocenters. The van der Waals surface area contributed by atoms with Crippen LogP contribution in [-0.2, 0) is 11.2 Å². The number of carbonyl (C=O) groups is 1. The minimum Gasteiger partial charge on any atom is -0.355 e. The van der Waals surface area contributed by atoms with Gasteiger partial charge in [0.05, 0.1) is 6.04 Å². The second-order valence-corrected chi connectivity index (χ2v) is 3.43. The lowest BCUT2D eigenvalue weighted by molar-refractivity contribution is -0.122. The van der Waals surface area contributed by atoms with E-state index in [4.69, 9.17) is 0 Å². The Morgan fingerprint density at radius 2 is 1.94 bits per heavy atom. The fourth-order valence-corrected chi connectivity index (χ4v) is 1.47. The van der Waals surface area contributed by atoms with Gasteiger partial charge in [-0.2, -0.15) is 0 Å². The van der Waals surface area contributed by atoms with E-state index in [0.717, 1.165) is 6.42 Å². The highest BCUT2D eigenvalue weighted by molar-refractivity contribution is 5.85. The first-order chi connectivity index (χ1) is 7.27. The Labute approximate surface area is 103 Å². The number of likely N-dealkylation sites (N-methyl/N-ethyl adjacent to an activating group) is 2. The maximum atomic E-state index is 11.6. The van der Waals surface area contributed by atoms with E-state index in [0.29, 0.717) is 6.54 Å². The van der Waals surface area contributed by atoms with E-state index in [1.165, 1.54) is 5.56 Å². The molecule has 1 aromatic rings. The molecule has 16 heavy (non-hydrogen) atoms. The summed E-state index contributed by atoms with van der Waals surface area (Å²) in [5, 5.41) is 5.84. The van der Waals surface area contributed by atoms with E-state index in [2.05, 4.69) is 10.6 Å². The summed E-state index contributed by atoms with van der Waals surface area (Å²) in [6.45, 7) is 2.60. The first-order valence-electron chi connectivity index (χ1n) is 5.26. The Morgan fingerprint density at radius 3 is 2.44 bits per heavy atom. The summed E-state index contributed by atoms with van der Waals surface area (Å²) in [4.78, 5) is 11.6. The van der Waals surface area contributed by atoms with Gasteiger partial charge in [0.15, 0.2) is 0 Å². The van der Waals surface area contributed by atoms with Gasteiger partial charge in [0, 0.05) is 6.54 Å². The van der Waals surface area contributed by atoms with Crippen LogP contribution in [-0.4, -0.2) is 25.5 Å². The van der Waals surface area contributed by atoms with Gasteiger partial charge in [-0.25, -0.2) is 0 Å². The van der Waals surface area contributed by atoms with Crippen molar-refractivity contribution in [1.82, 2.24) is 10.6 Å². The molecule has 0 aliphatic heterocycles. The molecule has 0 heterocycles. The number of hydrogen-bond donors (Lipinski definition) is 2. The minimum absolute atomic E-state index is 0. The van der Waals surface area contributed by atoms with Gasteiger partial charge in [0.1, 0.15) is 0 Å². The third-order valence-electron chi connectivity index (χ3n) is 2.30. The highest BCUT2D eigenvalue weighted by Gasteiger charge is 2.15. The number of carbonyl (C=O) groups excluding carboxylic acids is 1. The molecule has 0 bridgehead atoms. The minimum atomic E-state index is -0.146. The molecule has 0 saturated heterocycles. The quantitative estimate of drug-likeness (QED) is 0.819. The Kier molecular flexibility index (Phi) is 7.60. The summed E-state index contributed by atoms with van der Waals surface area (Å²) in [5.74, 6) is 0.0591. The van der Waals surface area contributed by atoms with Crippen molar-refractivity contribution in [1.29, 1.82) is 0 Å². The summed E-state index contributed by atoms with van der Waals surface area (Å²) >= 11 is 0. The molecule has 1 atom stereocenters. The predicted octanol–water partition coefficient (Wildman–Crippen LogP) is 1.37. The van der Waals surface area contributed by atoms with Crippen LogP contribution in [0.4, 0.5) is 0 Å². The molecular formula is C12H19ClN2O. The molecule has 90 valence electrons. The van der Waals surface area contributed by atoms with Crippen molar-refractivity contribution in [2.24, 2.45) is 0 Å². The van der Waals surface area contributed by atoms with Crippen molar-refractivity contribution in [2.75, 3.05) is 13.6 Å². The zero-order chi connectivity index (χ0) is 11.1. The number of benzene rings is 1. The lowest BCUT2D eigenvalue weighted by Crippen LogP contribution is -2.43. The SMILES string of the molecule is CCNC(=O)[C@H](Cc1ccccc1)NC.Cl. The molecule has 0 radical (unpaired) electrons. The lowest BCUT2D eigenvalue weighted by atomic mass is 10.1. The van der Waals surface area contributed by atoms with Crippen molar-refractivity contribution in [3.8, 4) is 0 Å². The van der Waals surface area contributed by atoms with Crippen LogP contribution < -0.4 is 10.6 Å². The van der Waals surface area contributed by atoms with Crippen molar-refractivity contribution < 1.29 is 4.79 Å². The van der Waals surface area contributed by atoms with Gasteiger partial charge in [-0.3, -0.25) is 4.79 Å². The normalized spacial score (nSPS) is 11.4. The van der Waals surface area contributed by atoms with Crippen LogP contribution in [0, 0.1) is 0 Å². The van der Waals surface area contributed by atoms with E-state index in [1.807, 2.05) is 44.3 Å². The summed E-state index contributed by atoms with van der Waals surface area (Å²) in [5.41, 5.74) is 1.17. The zero-order valence-corrected chi connectivity index (χ0v) is 10.5. The first-order valence-corrected chi connectivity index (χ1v) is 5.26. The van der Waals surface area contributed by atoms with E-state index >= 15 is 0 Å². The molecule has 3 nitrogen and oxygen atoms in total. The molecule has 0 aliphatic carbocycles. The zero-order valence-electron chi connectivity index (χ0n) is 9.69. The van der Waals surface area contributed by atoms with Crippen LogP contribution in [0.2, 0.25) is 0 Å². The van der Waals surface area contributed by atoms with Crippen molar-refractivity contribution in [3.05, 3.63) is 35.9 Å². The standard InChI is InChI=1S/C12H18N2O.ClH/c1-3-14-12(15)11(13-2)9-10-7-5-4-6-8-10;/h4-8,11,13H,3,9H2,1-2H3,(H,14,15);1H/t11-;/m0./s1. The average molecular weight is 243 g/mol. The fourth-order valence-electron chi connectivity index (χ4n) is 1.47. The summed E-state index contributed by atoms with van der Waals surface area (Å²) in [6, 6.07) is 9.86. The van der Waals surface area contributed by atoms with Crippen molar-refractivity contribution >= 4 is 18.3 Å². The third kappa shape index (κ3) is 4.64. The summed E-state index contributed by atoms with van der Waals surface area (Å²) in [7, 11) is 1.81. The molecule has 0 fully saturated rings. The molecule has 4 heteroatoms. The predicted molar refractivity (Wildman–Crippen MR) is 68.9 cm³/mol. The Balaban J connectivity index is 0.00000225. The van der Waals surface area contributed by atoms with E-state index in [-0.39, 0.29) is 24.4 Å². The number of rotatable bonds is 5. The fraction of sp³-hybridized carbons (Fsp3) is 0.417. The molecular weight excluding hydrogens is 224 g/mol. The molecule has 0 aliphatic rings. The van der Waals surface area contributed by atoms with Crippen LogP contribution in [0.1, 0.15) is 12.5 Å². The number of nitrogens with one attached hydrogen (secondary N) is 2. The van der Waals surface area contributed by atoms with Gasteiger partial charge in [-0.15, -0.1) is 12.4 Å². The Hall–Kier alpha value is -1.06. The molecule has 2 N–H and O–H groups in total. The van der Waals surface area contributed by atoms with Gasteiger partial charge in [-0.05, 0) is 26.0 Å². The second kappa shape index (κ2) is 8.13. The molecule has 1 rings (SSSR count). The van der Waals surface area contributed by atoms with Crippen LogP contribution in [0.3, 0.4) is 0 Å². The summed E-state index contributed by atoms with van der Waals surface area (Å²) in [6.07, 6.45) is 0.725. The highest BCUT2D eigenvalue weighted by Crippen LogP contribution is 2.02. The largest absolute Gasteiger partial charge is 0.355 e. The highest BCUT2D eigenvalue weighted by atomic mass is 35.5. The topological polar surface area (TPSA) is 41.1 Å². The molecule has 0 spiro atoms. The van der Waals surface area contributed by atoms with Crippen molar-refractivity contribution in [2.45, 2.75) is 19.4 Å². The Morgan fingerprint density at radius 1 is 1.31 bits per heavy atom. The number of halogens is 1. The van der Waals surface area contributed by atoms with Gasteiger partial charge in [-0.1, -0.05) is 30.3 Å². The van der Waals surface area contributed by atoms with Crippen LogP contribution in [0.15, 0.2) is 30.3 Å². The third-order valence-corrected chi connectivity index (χ3v) is 2.30. The van der Waals surface area contributed by atoms with Crippen LogP contribution in [0.25, 0.3) is 0 Å². The van der Waals surface area contributed by atoms with Crippen LogP contribution in [0.5, 0.6) is 0 Å². The van der Waals surface area contributed by atoms with E-state index in [1.54, 1.807) is 0 Å². The molecule has 0 aromatic heterocycles. The Bertz CT molecular complexity index is 303. The smallest absolute Gasteiger partial charge is 0.237 e. The van der Waals surface area contributed by atoms with E-state index < -0.39 is 0 Å². The van der Waals surface area contributed by atoms with Gasteiger partial charge < -0.3 is 10.6 Å². The lowest BCUT2D eigenvalue weighted by Gasteiger charge is -2.15. The van der Waals surface area contributed by atoms with Gasteiger partial charge in [0.25, 0.3) is 0 Å². The maximum absolute atomic E-state index is 11.6.